The van der Waals surface area contributed by atoms with Crippen molar-refractivity contribution in [3.63, 3.8) is 0 Å². The van der Waals surface area contributed by atoms with Gasteiger partial charge in [-0.2, -0.15) is 0 Å². The summed E-state index contributed by atoms with van der Waals surface area (Å²) in [5, 5.41) is 20.2. The molecule has 8 nitrogen and oxygen atoms in total. The van der Waals surface area contributed by atoms with Crippen molar-refractivity contribution in [1.29, 1.82) is 0 Å². The molecule has 0 radical (unpaired) electrons. The average Bonchev–Trinajstić information content (AvgIpc) is 3.94. The summed E-state index contributed by atoms with van der Waals surface area (Å²) in [7, 11) is 0. The Labute approximate surface area is 325 Å². The van der Waals surface area contributed by atoms with Crippen molar-refractivity contribution in [3.05, 3.63) is 116 Å². The SMILES string of the molecule is Cc1csc(NC[C@H](Cc2ccccc2)N(C[C@H](CC(C)C)N(C[C@H](Cc2ccccc2)Nc2nc(C)cs2)c2nc(C)cs2)c2nc(C)cs2)n1. The van der Waals surface area contributed by atoms with E-state index in [1.54, 1.807) is 45.3 Å². The van der Waals surface area contributed by atoms with E-state index in [2.05, 4.69) is 144 Å². The minimum atomic E-state index is 0.109. The van der Waals surface area contributed by atoms with Gasteiger partial charge in [0.2, 0.25) is 0 Å². The van der Waals surface area contributed by atoms with Crippen molar-refractivity contribution in [2.45, 2.75) is 78.9 Å². The summed E-state index contributed by atoms with van der Waals surface area (Å²) in [5.74, 6) is 0.472. The molecular formula is C40H50N8S4. The van der Waals surface area contributed by atoms with E-state index >= 15 is 0 Å². The molecule has 0 saturated carbocycles. The molecule has 4 aromatic heterocycles. The number of nitrogens with zero attached hydrogens (tertiary/aromatic N) is 6. The Bertz CT molecular complexity index is 1930. The molecule has 0 amide bonds. The van der Waals surface area contributed by atoms with Gasteiger partial charge in [0.05, 0.1) is 28.8 Å². The van der Waals surface area contributed by atoms with Crippen LogP contribution in [-0.2, 0) is 12.8 Å². The molecular weight excluding hydrogens is 721 g/mol. The molecule has 3 atom stereocenters. The van der Waals surface area contributed by atoms with Crippen LogP contribution in [0.25, 0.3) is 0 Å². The fourth-order valence-corrected chi connectivity index (χ4v) is 9.73. The Morgan fingerprint density at radius 3 is 1.58 bits per heavy atom. The maximum absolute atomic E-state index is 5.14. The van der Waals surface area contributed by atoms with Gasteiger partial charge in [-0.1, -0.05) is 74.5 Å². The number of anilines is 4. The Kier molecular flexibility index (Phi) is 13.3. The first-order valence-corrected chi connectivity index (χ1v) is 21.5. The Morgan fingerprint density at radius 2 is 1.08 bits per heavy atom. The molecule has 12 heteroatoms. The normalized spacial score (nSPS) is 13.2. The first-order valence-electron chi connectivity index (χ1n) is 18.0. The van der Waals surface area contributed by atoms with E-state index in [9.17, 15) is 0 Å². The van der Waals surface area contributed by atoms with Crippen molar-refractivity contribution in [1.82, 2.24) is 19.9 Å². The van der Waals surface area contributed by atoms with Gasteiger partial charge in [-0.15, -0.1) is 45.3 Å². The van der Waals surface area contributed by atoms with E-state index in [4.69, 9.17) is 19.9 Å². The van der Waals surface area contributed by atoms with Crippen molar-refractivity contribution in [3.8, 4) is 0 Å². The average molecular weight is 771 g/mol. The number of rotatable bonds is 19. The lowest BCUT2D eigenvalue weighted by molar-refractivity contribution is 0.436. The van der Waals surface area contributed by atoms with Gasteiger partial charge < -0.3 is 20.4 Å². The summed E-state index contributed by atoms with van der Waals surface area (Å²) in [6.45, 7) is 15.3. The third kappa shape index (κ3) is 10.8. The summed E-state index contributed by atoms with van der Waals surface area (Å²) in [6.07, 6.45) is 2.76. The lowest BCUT2D eigenvalue weighted by atomic mass is 9.98. The van der Waals surface area contributed by atoms with E-state index in [1.165, 1.54) is 11.1 Å². The van der Waals surface area contributed by atoms with Gasteiger partial charge in [-0.25, -0.2) is 19.9 Å². The number of aromatic nitrogens is 4. The number of nitrogens with one attached hydrogen (secondary N) is 2. The van der Waals surface area contributed by atoms with Crippen molar-refractivity contribution >= 4 is 65.9 Å². The van der Waals surface area contributed by atoms with Gasteiger partial charge >= 0.3 is 0 Å². The summed E-state index contributed by atoms with van der Waals surface area (Å²) < 4.78 is 0. The monoisotopic (exact) mass is 770 g/mol. The molecule has 2 aromatic carbocycles. The lowest BCUT2D eigenvalue weighted by Gasteiger charge is -2.41. The van der Waals surface area contributed by atoms with Gasteiger partial charge in [0.1, 0.15) is 0 Å². The molecule has 4 heterocycles. The van der Waals surface area contributed by atoms with E-state index < -0.39 is 0 Å². The zero-order valence-corrected chi connectivity index (χ0v) is 34.2. The zero-order valence-electron chi connectivity index (χ0n) is 31.0. The second-order valence-electron chi connectivity index (χ2n) is 14.0. The quantitative estimate of drug-likeness (QED) is 0.0843. The van der Waals surface area contributed by atoms with Crippen LogP contribution in [0, 0.1) is 33.6 Å². The number of aryl methyl sites for hydroxylation is 4. The highest BCUT2D eigenvalue weighted by Crippen LogP contribution is 2.31. The van der Waals surface area contributed by atoms with Crippen molar-refractivity contribution in [2.75, 3.05) is 40.1 Å². The van der Waals surface area contributed by atoms with Crippen molar-refractivity contribution in [2.24, 2.45) is 5.92 Å². The van der Waals surface area contributed by atoms with Gasteiger partial charge in [0, 0.05) is 53.2 Å². The maximum atomic E-state index is 5.14. The first-order chi connectivity index (χ1) is 25.2. The van der Waals surface area contributed by atoms with Crippen LogP contribution in [0.1, 0.15) is 54.2 Å². The third-order valence-corrected chi connectivity index (χ3v) is 12.6. The molecule has 0 unspecified atom stereocenters. The number of hydrogen-bond donors (Lipinski definition) is 2. The van der Waals surface area contributed by atoms with Crippen LogP contribution in [0.4, 0.5) is 20.5 Å². The largest absolute Gasteiger partial charge is 0.359 e. The fourth-order valence-electron chi connectivity index (χ4n) is 6.50. The van der Waals surface area contributed by atoms with Crippen LogP contribution < -0.4 is 20.4 Å². The smallest absolute Gasteiger partial charge is 0.185 e. The molecule has 0 aliphatic carbocycles. The van der Waals surface area contributed by atoms with Gasteiger partial charge in [0.25, 0.3) is 0 Å². The lowest BCUT2D eigenvalue weighted by Crippen LogP contribution is -2.53. The molecule has 6 aromatic rings. The minimum absolute atomic E-state index is 0.109. The van der Waals surface area contributed by atoms with Crippen LogP contribution in [0.5, 0.6) is 0 Å². The van der Waals surface area contributed by atoms with Gasteiger partial charge in [-0.05, 0) is 64.0 Å². The van der Waals surface area contributed by atoms with Crippen molar-refractivity contribution < 1.29 is 0 Å². The molecule has 0 aliphatic heterocycles. The molecule has 6 rings (SSSR count). The fraction of sp³-hybridized carbons (Fsp3) is 0.400. The highest BCUT2D eigenvalue weighted by molar-refractivity contribution is 7.14. The van der Waals surface area contributed by atoms with Gasteiger partial charge in [-0.3, -0.25) is 0 Å². The summed E-state index contributed by atoms with van der Waals surface area (Å²) in [4.78, 5) is 25.0. The Morgan fingerprint density at radius 1 is 0.577 bits per heavy atom. The van der Waals surface area contributed by atoms with Gasteiger partial charge in [0.15, 0.2) is 20.5 Å². The van der Waals surface area contributed by atoms with Crippen LogP contribution >= 0.6 is 45.3 Å². The number of thiazole rings is 4. The van der Waals surface area contributed by atoms with Crippen LogP contribution in [0.2, 0.25) is 0 Å². The molecule has 274 valence electrons. The van der Waals surface area contributed by atoms with Crippen LogP contribution in [0.15, 0.2) is 82.2 Å². The predicted molar refractivity (Wildman–Crippen MR) is 225 cm³/mol. The molecule has 0 saturated heterocycles. The summed E-state index contributed by atoms with van der Waals surface area (Å²) >= 11 is 6.82. The van der Waals surface area contributed by atoms with Crippen LogP contribution in [0.3, 0.4) is 0 Å². The minimum Gasteiger partial charge on any atom is -0.359 e. The van der Waals surface area contributed by atoms with E-state index in [1.807, 2.05) is 0 Å². The van der Waals surface area contributed by atoms with E-state index in [0.29, 0.717) is 5.92 Å². The predicted octanol–water partition coefficient (Wildman–Crippen LogP) is 9.92. The molecule has 0 bridgehead atoms. The third-order valence-electron chi connectivity index (χ3n) is 8.85. The standard InChI is InChI=1S/C40H50N8S4/c1-27(2)17-36(47(39-44-30(5)25-51-39)21-34(18-32-13-9-7-10-14-32)46-38-43-29(4)24-50-38)22-48(40-45-31(6)26-52-40)35(19-33-15-11-8-12-16-33)20-41-37-42-28(3)23-49-37/h7-16,23-27,34-36H,17-22H2,1-6H3,(H,41,42)(H,43,46)/t34-,35-,36-/m0/s1. The molecule has 0 fully saturated rings. The molecule has 52 heavy (non-hydrogen) atoms. The molecule has 2 N–H and O–H groups in total. The molecule has 0 spiro atoms. The topological polar surface area (TPSA) is 82.1 Å². The Hall–Kier alpha value is -3.84. The second-order valence-corrected chi connectivity index (χ2v) is 17.4. The first kappa shape index (κ1) is 37.9. The van der Waals surface area contributed by atoms with E-state index in [-0.39, 0.29) is 18.1 Å². The summed E-state index contributed by atoms with van der Waals surface area (Å²) in [5.41, 5.74) is 6.78. The molecule has 0 aliphatic rings. The summed E-state index contributed by atoms with van der Waals surface area (Å²) in [6, 6.07) is 22.0. The van der Waals surface area contributed by atoms with E-state index in [0.717, 1.165) is 82.2 Å². The zero-order chi connectivity index (χ0) is 36.5. The Balaban J connectivity index is 1.38. The second kappa shape index (κ2) is 18.3. The number of benzene rings is 2. The van der Waals surface area contributed by atoms with Crippen LogP contribution in [-0.4, -0.2) is 57.7 Å². The maximum Gasteiger partial charge on any atom is 0.185 e. The highest BCUT2D eigenvalue weighted by atomic mass is 32.1. The highest BCUT2D eigenvalue weighted by Gasteiger charge is 2.32. The number of hydrogen-bond acceptors (Lipinski definition) is 12.